The molecule has 0 spiro atoms. The number of hydrogen-bond acceptors (Lipinski definition) is 7. The monoisotopic (exact) mass is 456 g/mol. The van der Waals surface area contributed by atoms with Gasteiger partial charge < -0.3 is 29.8 Å². The van der Waals surface area contributed by atoms with E-state index in [1.54, 1.807) is 0 Å². The van der Waals surface area contributed by atoms with Crippen LogP contribution in [-0.2, 0) is 9.31 Å². The molecule has 1 aromatic heterocycles. The smallest absolute Gasteiger partial charge is 0.495 e. The van der Waals surface area contributed by atoms with Crippen LogP contribution >= 0.6 is 0 Å². The summed E-state index contributed by atoms with van der Waals surface area (Å²) in [6.07, 6.45) is 1.09. The summed E-state index contributed by atoms with van der Waals surface area (Å²) in [4.78, 5) is 3.31. The summed E-state index contributed by atoms with van der Waals surface area (Å²) in [5, 5.41) is 29.1. The predicted octanol–water partition coefficient (Wildman–Crippen LogP) is 1.01. The van der Waals surface area contributed by atoms with Crippen LogP contribution in [0, 0.1) is 24.5 Å². The van der Waals surface area contributed by atoms with Crippen molar-refractivity contribution in [2.75, 3.05) is 14.1 Å². The molecule has 1 aliphatic rings. The normalized spacial score (nSPS) is 15.9. The fraction of sp³-hybridized carbons (Fsp3) is 0.450. The van der Waals surface area contributed by atoms with Gasteiger partial charge in [0.25, 0.3) is 0 Å². The highest BCUT2D eigenvalue weighted by atomic mass is 19.1. The van der Waals surface area contributed by atoms with Gasteiger partial charge in [0.2, 0.25) is 5.95 Å². The third-order valence-corrected chi connectivity index (χ3v) is 4.90. The molecule has 0 aliphatic carbocycles. The fourth-order valence-corrected chi connectivity index (χ4v) is 2.42. The van der Waals surface area contributed by atoms with Crippen molar-refractivity contribution in [3.05, 3.63) is 47.5 Å². The van der Waals surface area contributed by atoms with Crippen LogP contribution in [0.3, 0.4) is 0 Å². The Hall–Kier alpha value is -2.11. The van der Waals surface area contributed by atoms with Crippen LogP contribution < -0.4 is 16.2 Å². The largest absolute Gasteiger partial charge is 0.503 e. The van der Waals surface area contributed by atoms with E-state index >= 15 is 0 Å². The highest BCUT2D eigenvalue weighted by Gasteiger charge is 2.52. The van der Waals surface area contributed by atoms with Crippen molar-refractivity contribution in [2.45, 2.75) is 45.8 Å². The fourth-order valence-electron chi connectivity index (χ4n) is 2.42. The van der Waals surface area contributed by atoms with Crippen molar-refractivity contribution in [2.24, 2.45) is 0 Å². The molecular formula is C20H29B2F3N2O5. The number of rotatable bonds is 2. The van der Waals surface area contributed by atoms with Gasteiger partial charge in [0.15, 0.2) is 17.4 Å². The Morgan fingerprint density at radius 1 is 0.969 bits per heavy atom. The van der Waals surface area contributed by atoms with E-state index in [0.29, 0.717) is 5.56 Å². The molecule has 4 N–H and O–H groups in total. The molecule has 0 radical (unpaired) electrons. The Kier molecular flexibility index (Phi) is 9.73. The van der Waals surface area contributed by atoms with Gasteiger partial charge in [-0.3, -0.25) is 0 Å². The first-order valence-electron chi connectivity index (χ1n) is 9.77. The molecule has 0 unspecified atom stereocenters. The average molecular weight is 456 g/mol. The molecule has 1 aromatic carbocycles. The minimum Gasteiger partial charge on any atom is -0.503 e. The summed E-state index contributed by atoms with van der Waals surface area (Å²) in [6, 6.07) is 3.37. The van der Waals surface area contributed by atoms with E-state index in [0.717, 1.165) is 18.3 Å². The summed E-state index contributed by atoms with van der Waals surface area (Å²) in [6.45, 7) is 8.90. The molecule has 2 aromatic rings. The van der Waals surface area contributed by atoms with Crippen LogP contribution in [0.2, 0.25) is 0 Å². The topological polar surface area (TPSA) is 104 Å². The maximum atomic E-state index is 13.3. The van der Waals surface area contributed by atoms with Gasteiger partial charge in [0.05, 0.1) is 11.2 Å². The molecule has 176 valence electrons. The lowest BCUT2D eigenvalue weighted by atomic mass is 9.79. The lowest BCUT2D eigenvalue weighted by Gasteiger charge is -2.32. The first kappa shape index (κ1) is 27.9. The zero-order valence-electron chi connectivity index (χ0n) is 19.2. The van der Waals surface area contributed by atoms with Gasteiger partial charge in [-0.2, -0.15) is 4.39 Å². The number of nitrogens with one attached hydrogen (secondary N) is 1. The van der Waals surface area contributed by atoms with E-state index in [-0.39, 0.29) is 10.9 Å². The van der Waals surface area contributed by atoms with Crippen LogP contribution in [0.1, 0.15) is 33.3 Å². The maximum Gasteiger partial charge on any atom is 0.495 e. The Morgan fingerprint density at radius 3 is 1.78 bits per heavy atom. The number of pyridine rings is 1. The van der Waals surface area contributed by atoms with Crippen molar-refractivity contribution >= 4 is 25.2 Å². The number of phenols is 1. The van der Waals surface area contributed by atoms with Crippen LogP contribution in [0.5, 0.6) is 5.75 Å². The van der Waals surface area contributed by atoms with Crippen LogP contribution in [0.15, 0.2) is 24.4 Å². The Morgan fingerprint density at radius 2 is 1.41 bits per heavy atom. The Bertz CT molecular complexity index is 878. The minimum absolute atomic E-state index is 0.198. The molecule has 2 heterocycles. The van der Waals surface area contributed by atoms with E-state index in [1.165, 1.54) is 13.0 Å². The molecule has 32 heavy (non-hydrogen) atoms. The molecule has 0 atom stereocenters. The molecule has 0 saturated carbocycles. The minimum atomic E-state index is -1.58. The molecule has 7 nitrogen and oxygen atoms in total. The second kappa shape index (κ2) is 11.2. The zero-order chi connectivity index (χ0) is 24.9. The van der Waals surface area contributed by atoms with Crippen LogP contribution in [-0.4, -0.2) is 59.7 Å². The van der Waals surface area contributed by atoms with Gasteiger partial charge in [-0.15, -0.1) is 0 Å². The summed E-state index contributed by atoms with van der Waals surface area (Å²) < 4.78 is 50.4. The van der Waals surface area contributed by atoms with Gasteiger partial charge >= 0.3 is 14.2 Å². The SMILES string of the molecule is CC1(C)OB(c2cc(F)c(O)c(F)c2)OC1(C)C.CNC.Cc1cc(B(O)O)cnc1F. The standard InChI is InChI=1S/C12H15BF2O3.C6H7BFNO2.C2H7N/c1-11(2)12(3,4)18-13(17-11)7-5-8(14)10(16)9(15)6-7;1-4-2-5(7(10)11)3-9-6(4)8;1-3-2/h5-6,16H,1-4H3;2-3,10-11H,1H3;3H,1-2H3. The first-order chi connectivity index (χ1) is 14.7. The molecule has 1 saturated heterocycles. The number of nitrogens with zero attached hydrogens (tertiary/aromatic N) is 1. The third kappa shape index (κ3) is 6.94. The molecule has 0 amide bonds. The molecule has 3 rings (SSSR count). The maximum absolute atomic E-state index is 13.3. The summed E-state index contributed by atoms with van der Waals surface area (Å²) >= 11 is 0. The van der Waals surface area contributed by atoms with E-state index in [1.807, 2.05) is 41.8 Å². The molecule has 1 aliphatic heterocycles. The van der Waals surface area contributed by atoms with Gasteiger partial charge in [0.1, 0.15) is 0 Å². The van der Waals surface area contributed by atoms with Crippen molar-refractivity contribution < 1.29 is 37.6 Å². The number of aromatic hydroxyl groups is 1. The number of aromatic nitrogens is 1. The van der Waals surface area contributed by atoms with Gasteiger partial charge in [-0.1, -0.05) is 6.07 Å². The predicted molar refractivity (Wildman–Crippen MR) is 117 cm³/mol. The van der Waals surface area contributed by atoms with E-state index in [9.17, 15) is 13.2 Å². The quantitative estimate of drug-likeness (QED) is 0.395. The van der Waals surface area contributed by atoms with Gasteiger partial charge in [-0.05, 0) is 66.3 Å². The van der Waals surface area contributed by atoms with Crippen molar-refractivity contribution in [1.29, 1.82) is 0 Å². The second-order valence-corrected chi connectivity index (χ2v) is 8.17. The first-order valence-corrected chi connectivity index (χ1v) is 9.77. The van der Waals surface area contributed by atoms with Gasteiger partial charge in [-0.25, -0.2) is 13.8 Å². The highest BCUT2D eigenvalue weighted by molar-refractivity contribution is 6.62. The van der Waals surface area contributed by atoms with Crippen LogP contribution in [0.25, 0.3) is 0 Å². The van der Waals surface area contributed by atoms with Crippen molar-refractivity contribution in [3.63, 3.8) is 0 Å². The summed E-state index contributed by atoms with van der Waals surface area (Å²) in [5.41, 5.74) is -0.452. The Labute approximate surface area is 186 Å². The number of benzene rings is 1. The molecule has 1 fully saturated rings. The van der Waals surface area contributed by atoms with Gasteiger partial charge in [0, 0.05) is 17.2 Å². The lowest BCUT2D eigenvalue weighted by molar-refractivity contribution is 0.00578. The lowest BCUT2D eigenvalue weighted by Crippen LogP contribution is -2.41. The summed E-state index contributed by atoms with van der Waals surface area (Å²) in [7, 11) is 1.32. The van der Waals surface area contributed by atoms with Crippen LogP contribution in [0.4, 0.5) is 13.2 Å². The number of aryl methyl sites for hydroxylation is 1. The van der Waals surface area contributed by atoms with E-state index < -0.39 is 48.8 Å². The van der Waals surface area contributed by atoms with E-state index in [2.05, 4.69) is 10.3 Å². The molecule has 12 heteroatoms. The Balaban J connectivity index is 0.000000312. The number of halogens is 3. The molecule has 0 bridgehead atoms. The zero-order valence-corrected chi connectivity index (χ0v) is 19.2. The highest BCUT2D eigenvalue weighted by Crippen LogP contribution is 2.36. The van der Waals surface area contributed by atoms with Crippen molar-refractivity contribution in [1.82, 2.24) is 10.3 Å². The third-order valence-electron chi connectivity index (χ3n) is 4.90. The second-order valence-electron chi connectivity index (χ2n) is 8.17. The average Bonchev–Trinajstić information content (AvgIpc) is 2.90. The number of hydrogen-bond donors (Lipinski definition) is 4. The van der Waals surface area contributed by atoms with E-state index in [4.69, 9.17) is 24.5 Å². The summed E-state index contributed by atoms with van der Waals surface area (Å²) in [5.74, 6) is -3.64. The molecular weight excluding hydrogens is 427 g/mol. The van der Waals surface area contributed by atoms with Crippen molar-refractivity contribution in [3.8, 4) is 5.75 Å². The number of phenolic OH excluding ortho intramolecular Hbond substituents is 1.